The predicted octanol–water partition coefficient (Wildman–Crippen LogP) is 3.51. The van der Waals surface area contributed by atoms with Crippen LogP contribution in [0.25, 0.3) is 0 Å². The van der Waals surface area contributed by atoms with Gasteiger partial charge < -0.3 is 10.1 Å². The zero-order chi connectivity index (χ0) is 11.4. The molecule has 1 aromatic heterocycles. The van der Waals surface area contributed by atoms with Crippen molar-refractivity contribution in [2.45, 2.75) is 6.54 Å². The number of hydrogen-bond donors (Lipinski definition) is 1. The van der Waals surface area contributed by atoms with Crippen molar-refractivity contribution in [2.24, 2.45) is 0 Å². The molecule has 4 heteroatoms. The lowest BCUT2D eigenvalue weighted by molar-refractivity contribution is 0.413. The van der Waals surface area contributed by atoms with Gasteiger partial charge in [0.1, 0.15) is 11.6 Å². The summed E-state index contributed by atoms with van der Waals surface area (Å²) in [6, 6.07) is 8.34. The van der Waals surface area contributed by atoms with E-state index in [9.17, 15) is 4.39 Å². The van der Waals surface area contributed by atoms with E-state index in [4.69, 9.17) is 4.74 Å². The van der Waals surface area contributed by atoms with Crippen molar-refractivity contribution in [3.05, 3.63) is 46.4 Å². The third-order valence-corrected chi connectivity index (χ3v) is 3.10. The molecule has 0 unspecified atom stereocenters. The van der Waals surface area contributed by atoms with Crippen LogP contribution >= 0.6 is 11.3 Å². The average Bonchev–Trinajstić information content (AvgIpc) is 2.74. The first kappa shape index (κ1) is 11.0. The molecule has 0 amide bonds. The Morgan fingerprint density at radius 2 is 2.25 bits per heavy atom. The van der Waals surface area contributed by atoms with Gasteiger partial charge in [-0.1, -0.05) is 6.07 Å². The third kappa shape index (κ3) is 2.52. The number of ether oxygens (including phenoxy) is 1. The lowest BCUT2D eigenvalue weighted by Crippen LogP contribution is -1.99. The van der Waals surface area contributed by atoms with E-state index in [1.807, 2.05) is 17.5 Å². The van der Waals surface area contributed by atoms with Crippen LogP contribution in [0.15, 0.2) is 35.7 Å². The molecule has 2 nitrogen and oxygen atoms in total. The first-order valence-corrected chi connectivity index (χ1v) is 5.77. The van der Waals surface area contributed by atoms with Crippen LogP contribution in [-0.2, 0) is 6.54 Å². The molecular weight excluding hydrogens is 225 g/mol. The van der Waals surface area contributed by atoms with E-state index in [0.29, 0.717) is 6.54 Å². The molecule has 1 aromatic carbocycles. The average molecular weight is 237 g/mol. The maximum atomic E-state index is 12.9. The molecule has 84 valence electrons. The number of hydrogen-bond acceptors (Lipinski definition) is 3. The van der Waals surface area contributed by atoms with Crippen molar-refractivity contribution in [1.29, 1.82) is 0 Å². The SMILES string of the molecule is COc1ccsc1CNc1cccc(F)c1. The van der Waals surface area contributed by atoms with Crippen LogP contribution < -0.4 is 10.1 Å². The molecule has 0 aliphatic heterocycles. The Balaban J connectivity index is 2.02. The lowest BCUT2D eigenvalue weighted by Gasteiger charge is -2.06. The molecule has 0 saturated carbocycles. The second kappa shape index (κ2) is 4.99. The molecule has 0 radical (unpaired) electrons. The molecule has 0 fully saturated rings. The Labute approximate surface area is 97.7 Å². The summed E-state index contributed by atoms with van der Waals surface area (Å²) in [5.74, 6) is 0.636. The van der Waals surface area contributed by atoms with Gasteiger partial charge >= 0.3 is 0 Å². The van der Waals surface area contributed by atoms with Gasteiger partial charge in [0.15, 0.2) is 0 Å². The fraction of sp³-hybridized carbons (Fsp3) is 0.167. The van der Waals surface area contributed by atoms with Crippen LogP contribution in [0.5, 0.6) is 5.75 Å². The predicted molar refractivity (Wildman–Crippen MR) is 64.6 cm³/mol. The minimum Gasteiger partial charge on any atom is -0.496 e. The summed E-state index contributed by atoms with van der Waals surface area (Å²) >= 11 is 1.62. The first-order chi connectivity index (χ1) is 7.79. The van der Waals surface area contributed by atoms with Gasteiger partial charge in [-0.25, -0.2) is 4.39 Å². The smallest absolute Gasteiger partial charge is 0.134 e. The first-order valence-electron chi connectivity index (χ1n) is 4.89. The Morgan fingerprint density at radius 3 is 3.00 bits per heavy atom. The topological polar surface area (TPSA) is 21.3 Å². The van der Waals surface area contributed by atoms with Gasteiger partial charge in [-0.2, -0.15) is 0 Å². The van der Waals surface area contributed by atoms with Crippen molar-refractivity contribution in [3.8, 4) is 5.75 Å². The van der Waals surface area contributed by atoms with E-state index >= 15 is 0 Å². The van der Waals surface area contributed by atoms with Crippen LogP contribution in [0.2, 0.25) is 0 Å². The normalized spacial score (nSPS) is 10.1. The Hall–Kier alpha value is -1.55. The van der Waals surface area contributed by atoms with Crippen LogP contribution in [-0.4, -0.2) is 7.11 Å². The number of thiophene rings is 1. The van der Waals surface area contributed by atoms with Crippen molar-refractivity contribution >= 4 is 17.0 Å². The quantitative estimate of drug-likeness (QED) is 0.878. The van der Waals surface area contributed by atoms with Crippen molar-refractivity contribution in [1.82, 2.24) is 0 Å². The number of halogens is 1. The van der Waals surface area contributed by atoms with Gasteiger partial charge in [-0.15, -0.1) is 11.3 Å². The summed E-state index contributed by atoms with van der Waals surface area (Å²) in [4.78, 5) is 1.10. The van der Waals surface area contributed by atoms with Gasteiger partial charge in [0, 0.05) is 5.69 Å². The highest BCUT2D eigenvalue weighted by molar-refractivity contribution is 7.10. The molecule has 0 saturated heterocycles. The lowest BCUT2D eigenvalue weighted by atomic mass is 10.3. The van der Waals surface area contributed by atoms with E-state index in [2.05, 4.69) is 5.32 Å². The highest BCUT2D eigenvalue weighted by Crippen LogP contribution is 2.25. The molecule has 0 atom stereocenters. The summed E-state index contributed by atoms with van der Waals surface area (Å²) < 4.78 is 18.1. The molecular formula is C12H12FNOS. The molecule has 1 heterocycles. The molecule has 16 heavy (non-hydrogen) atoms. The minimum absolute atomic E-state index is 0.233. The van der Waals surface area contributed by atoms with Gasteiger partial charge in [0.2, 0.25) is 0 Å². The maximum absolute atomic E-state index is 12.9. The molecule has 2 aromatic rings. The Morgan fingerprint density at radius 1 is 1.38 bits per heavy atom. The largest absolute Gasteiger partial charge is 0.496 e. The van der Waals surface area contributed by atoms with Gasteiger partial charge in [-0.05, 0) is 29.6 Å². The molecule has 0 aliphatic rings. The second-order valence-electron chi connectivity index (χ2n) is 3.28. The minimum atomic E-state index is -0.233. The van der Waals surface area contributed by atoms with Gasteiger partial charge in [0.25, 0.3) is 0 Å². The fourth-order valence-corrected chi connectivity index (χ4v) is 2.20. The van der Waals surface area contributed by atoms with Gasteiger partial charge in [-0.3, -0.25) is 0 Å². The summed E-state index contributed by atoms with van der Waals surface area (Å²) in [6.45, 7) is 0.643. The molecule has 2 rings (SSSR count). The highest BCUT2D eigenvalue weighted by atomic mass is 32.1. The summed E-state index contributed by atoms with van der Waals surface area (Å²) in [5, 5.41) is 5.13. The van der Waals surface area contributed by atoms with Crippen molar-refractivity contribution in [2.75, 3.05) is 12.4 Å². The zero-order valence-corrected chi connectivity index (χ0v) is 9.68. The van der Waals surface area contributed by atoms with E-state index in [1.54, 1.807) is 24.5 Å². The van der Waals surface area contributed by atoms with Crippen molar-refractivity contribution in [3.63, 3.8) is 0 Å². The van der Waals surface area contributed by atoms with E-state index in [1.165, 1.54) is 12.1 Å². The number of rotatable bonds is 4. The van der Waals surface area contributed by atoms with Crippen molar-refractivity contribution < 1.29 is 9.13 Å². The summed E-state index contributed by atoms with van der Waals surface area (Å²) in [5.41, 5.74) is 0.774. The number of benzene rings is 1. The van der Waals surface area contributed by atoms with Crippen LogP contribution in [0.4, 0.5) is 10.1 Å². The van der Waals surface area contributed by atoms with E-state index < -0.39 is 0 Å². The highest BCUT2D eigenvalue weighted by Gasteiger charge is 2.03. The maximum Gasteiger partial charge on any atom is 0.134 e. The van der Waals surface area contributed by atoms with Crippen LogP contribution in [0, 0.1) is 5.82 Å². The summed E-state index contributed by atoms with van der Waals surface area (Å²) in [7, 11) is 1.65. The van der Waals surface area contributed by atoms with Crippen LogP contribution in [0.3, 0.4) is 0 Å². The second-order valence-corrected chi connectivity index (χ2v) is 4.28. The molecule has 0 spiro atoms. The number of nitrogens with one attached hydrogen (secondary N) is 1. The van der Waals surface area contributed by atoms with Crippen LogP contribution in [0.1, 0.15) is 4.88 Å². The van der Waals surface area contributed by atoms with E-state index in [-0.39, 0.29) is 5.82 Å². The zero-order valence-electron chi connectivity index (χ0n) is 8.87. The molecule has 0 aliphatic carbocycles. The van der Waals surface area contributed by atoms with Gasteiger partial charge in [0.05, 0.1) is 18.5 Å². The van der Waals surface area contributed by atoms with E-state index in [0.717, 1.165) is 16.3 Å². The fourth-order valence-electron chi connectivity index (χ4n) is 1.42. The summed E-state index contributed by atoms with van der Waals surface area (Å²) in [6.07, 6.45) is 0. The monoisotopic (exact) mass is 237 g/mol. The number of anilines is 1. The Kier molecular flexibility index (Phi) is 3.41. The molecule has 0 bridgehead atoms. The third-order valence-electron chi connectivity index (χ3n) is 2.20. The Bertz CT molecular complexity index is 470. The standard InChI is InChI=1S/C12H12FNOS/c1-15-11-5-6-16-12(11)8-14-10-4-2-3-9(13)7-10/h2-7,14H,8H2,1H3. The molecule has 1 N–H and O–H groups in total. The number of methoxy groups -OCH3 is 1.